The minimum atomic E-state index is 0.0836. The normalized spacial score (nSPS) is 11.4. The molecule has 0 unspecified atom stereocenters. The highest BCUT2D eigenvalue weighted by molar-refractivity contribution is 9.10. The third kappa shape index (κ3) is 3.10. The zero-order chi connectivity index (χ0) is 10.8. The van der Waals surface area contributed by atoms with Gasteiger partial charge in [0.1, 0.15) is 0 Å². The molecule has 0 aliphatic rings. The Kier molecular flexibility index (Phi) is 3.72. The summed E-state index contributed by atoms with van der Waals surface area (Å²) in [5.74, 6) is 0. The predicted molar refractivity (Wildman–Crippen MR) is 62.9 cm³/mol. The van der Waals surface area contributed by atoms with Crippen LogP contribution in [0.3, 0.4) is 0 Å². The molecule has 0 amide bonds. The highest BCUT2D eigenvalue weighted by atomic mass is 79.9. The molecule has 2 nitrogen and oxygen atoms in total. The number of carbonyl (C=O) groups is 1. The van der Waals surface area contributed by atoms with E-state index in [1.807, 2.05) is 0 Å². The van der Waals surface area contributed by atoms with Crippen LogP contribution in [-0.4, -0.2) is 16.0 Å². The second-order valence-corrected chi connectivity index (χ2v) is 6.59. The molecular formula is C10H12BrNOS. The minimum Gasteiger partial charge on any atom is -0.298 e. The van der Waals surface area contributed by atoms with Crippen molar-refractivity contribution in [2.24, 2.45) is 0 Å². The largest absolute Gasteiger partial charge is 0.298 e. The maximum Gasteiger partial charge on any atom is 0.152 e. The lowest BCUT2D eigenvalue weighted by Gasteiger charge is -2.18. The summed E-state index contributed by atoms with van der Waals surface area (Å²) in [6, 6.07) is 0. The monoisotopic (exact) mass is 273 g/mol. The molecule has 0 radical (unpaired) electrons. The van der Waals surface area contributed by atoms with Crippen LogP contribution in [0.15, 0.2) is 21.8 Å². The number of aromatic nitrogens is 1. The Labute approximate surface area is 96.6 Å². The Bertz CT molecular complexity index is 346. The maximum atomic E-state index is 10.9. The van der Waals surface area contributed by atoms with Crippen molar-refractivity contribution in [2.45, 2.75) is 30.4 Å². The first-order valence-corrected chi connectivity index (χ1v) is 5.82. The van der Waals surface area contributed by atoms with Gasteiger partial charge in [-0.1, -0.05) is 20.8 Å². The third-order valence-electron chi connectivity index (χ3n) is 1.44. The summed E-state index contributed by atoms with van der Waals surface area (Å²) >= 11 is 4.95. The molecule has 0 bridgehead atoms. The number of aldehydes is 1. The van der Waals surface area contributed by atoms with Gasteiger partial charge in [-0.2, -0.15) is 0 Å². The van der Waals surface area contributed by atoms with E-state index in [0.717, 1.165) is 15.7 Å². The van der Waals surface area contributed by atoms with Crippen LogP contribution in [0.1, 0.15) is 31.1 Å². The summed E-state index contributed by atoms with van der Waals surface area (Å²) in [6.45, 7) is 6.31. The molecule has 4 heteroatoms. The second kappa shape index (κ2) is 4.45. The van der Waals surface area contributed by atoms with Crippen molar-refractivity contribution in [1.29, 1.82) is 0 Å². The third-order valence-corrected chi connectivity index (χ3v) is 3.23. The van der Waals surface area contributed by atoms with Crippen molar-refractivity contribution in [3.63, 3.8) is 0 Å². The molecule has 0 fully saturated rings. The van der Waals surface area contributed by atoms with E-state index in [9.17, 15) is 4.79 Å². The summed E-state index contributed by atoms with van der Waals surface area (Å²) in [5.41, 5.74) is 0.680. The van der Waals surface area contributed by atoms with E-state index in [-0.39, 0.29) is 4.75 Å². The Morgan fingerprint density at radius 2 is 2.07 bits per heavy atom. The molecule has 0 spiro atoms. The van der Waals surface area contributed by atoms with Gasteiger partial charge in [-0.25, -0.2) is 0 Å². The summed E-state index contributed by atoms with van der Waals surface area (Å²) < 4.78 is 0.835. The summed E-state index contributed by atoms with van der Waals surface area (Å²) in [5, 5.41) is 0. The van der Waals surface area contributed by atoms with E-state index in [1.54, 1.807) is 24.2 Å². The van der Waals surface area contributed by atoms with Gasteiger partial charge in [0, 0.05) is 32.1 Å². The molecule has 76 valence electrons. The fourth-order valence-electron chi connectivity index (χ4n) is 0.953. The van der Waals surface area contributed by atoms with Crippen LogP contribution >= 0.6 is 27.7 Å². The average Bonchev–Trinajstić information content (AvgIpc) is 2.01. The number of thioether (sulfide) groups is 1. The van der Waals surface area contributed by atoms with Crippen molar-refractivity contribution in [3.8, 4) is 0 Å². The summed E-state index contributed by atoms with van der Waals surface area (Å²) in [7, 11) is 0. The minimum absolute atomic E-state index is 0.0836. The molecule has 0 N–H and O–H groups in total. The number of hydrogen-bond donors (Lipinski definition) is 0. The fourth-order valence-corrected chi connectivity index (χ4v) is 2.55. The molecule has 1 rings (SSSR count). The van der Waals surface area contributed by atoms with Crippen LogP contribution in [0.4, 0.5) is 0 Å². The van der Waals surface area contributed by atoms with E-state index < -0.39 is 0 Å². The van der Waals surface area contributed by atoms with Crippen LogP contribution in [0.5, 0.6) is 0 Å². The van der Waals surface area contributed by atoms with E-state index >= 15 is 0 Å². The first-order valence-electron chi connectivity index (χ1n) is 4.22. The number of nitrogens with zero attached hydrogens (tertiary/aromatic N) is 1. The maximum absolute atomic E-state index is 10.9. The van der Waals surface area contributed by atoms with Gasteiger partial charge in [0.15, 0.2) is 6.29 Å². The standard InChI is InChI=1S/C10H12BrNOS/c1-10(2,3)14-9-5-12-4-8(11)7(9)6-13/h4-6H,1-3H3. The van der Waals surface area contributed by atoms with Crippen LogP contribution in [0.25, 0.3) is 0 Å². The number of carbonyl (C=O) groups excluding carboxylic acids is 1. The average molecular weight is 274 g/mol. The van der Waals surface area contributed by atoms with Gasteiger partial charge in [-0.3, -0.25) is 9.78 Å². The SMILES string of the molecule is CC(C)(C)Sc1cncc(Br)c1C=O. The Hall–Kier alpha value is -0.350. The first kappa shape index (κ1) is 11.7. The highest BCUT2D eigenvalue weighted by Gasteiger charge is 2.16. The quantitative estimate of drug-likeness (QED) is 0.610. The zero-order valence-corrected chi connectivity index (χ0v) is 10.8. The highest BCUT2D eigenvalue weighted by Crippen LogP contribution is 2.35. The fraction of sp³-hybridized carbons (Fsp3) is 0.400. The van der Waals surface area contributed by atoms with E-state index in [4.69, 9.17) is 0 Å². The summed E-state index contributed by atoms with van der Waals surface area (Å²) in [6.07, 6.45) is 4.22. The smallest absolute Gasteiger partial charge is 0.152 e. The molecule has 0 saturated carbocycles. The van der Waals surface area contributed by atoms with Gasteiger partial charge in [-0.05, 0) is 15.9 Å². The van der Waals surface area contributed by atoms with Crippen molar-refractivity contribution >= 4 is 34.0 Å². The lowest BCUT2D eigenvalue weighted by Crippen LogP contribution is -2.07. The van der Waals surface area contributed by atoms with Crippen molar-refractivity contribution in [2.75, 3.05) is 0 Å². The lowest BCUT2D eigenvalue weighted by atomic mass is 10.3. The van der Waals surface area contributed by atoms with E-state index in [2.05, 4.69) is 41.7 Å². The Balaban J connectivity index is 3.08. The summed E-state index contributed by atoms with van der Waals surface area (Å²) in [4.78, 5) is 15.8. The number of hydrogen-bond acceptors (Lipinski definition) is 3. The van der Waals surface area contributed by atoms with E-state index in [0.29, 0.717) is 5.56 Å². The van der Waals surface area contributed by atoms with Gasteiger partial charge >= 0.3 is 0 Å². The number of rotatable bonds is 2. The van der Waals surface area contributed by atoms with Crippen LogP contribution in [0.2, 0.25) is 0 Å². The first-order chi connectivity index (χ1) is 6.44. The van der Waals surface area contributed by atoms with Gasteiger partial charge < -0.3 is 0 Å². The zero-order valence-electron chi connectivity index (χ0n) is 8.37. The Morgan fingerprint density at radius 3 is 2.57 bits per heavy atom. The van der Waals surface area contributed by atoms with Crippen molar-refractivity contribution in [1.82, 2.24) is 4.98 Å². The van der Waals surface area contributed by atoms with Gasteiger partial charge in [0.25, 0.3) is 0 Å². The molecule has 14 heavy (non-hydrogen) atoms. The molecule has 1 aromatic rings. The molecule has 0 atom stereocenters. The van der Waals surface area contributed by atoms with Crippen LogP contribution in [-0.2, 0) is 0 Å². The topological polar surface area (TPSA) is 30.0 Å². The van der Waals surface area contributed by atoms with Crippen molar-refractivity contribution < 1.29 is 4.79 Å². The molecule has 0 aliphatic carbocycles. The Morgan fingerprint density at radius 1 is 1.43 bits per heavy atom. The molecule has 0 aliphatic heterocycles. The molecule has 0 aromatic carbocycles. The second-order valence-electron chi connectivity index (χ2n) is 3.87. The van der Waals surface area contributed by atoms with Gasteiger partial charge in [0.2, 0.25) is 0 Å². The number of pyridine rings is 1. The van der Waals surface area contributed by atoms with Crippen LogP contribution < -0.4 is 0 Å². The van der Waals surface area contributed by atoms with E-state index in [1.165, 1.54) is 0 Å². The number of halogens is 1. The van der Waals surface area contributed by atoms with Gasteiger partial charge in [-0.15, -0.1) is 11.8 Å². The van der Waals surface area contributed by atoms with Gasteiger partial charge in [0.05, 0.1) is 0 Å². The van der Waals surface area contributed by atoms with Crippen molar-refractivity contribution in [3.05, 3.63) is 22.4 Å². The van der Waals surface area contributed by atoms with Crippen LogP contribution in [0, 0.1) is 0 Å². The molecule has 0 saturated heterocycles. The lowest BCUT2D eigenvalue weighted by molar-refractivity contribution is 0.112. The molecular weight excluding hydrogens is 262 g/mol. The molecule has 1 heterocycles. The molecule has 1 aromatic heterocycles. The predicted octanol–water partition coefficient (Wildman–Crippen LogP) is 3.55.